The molecule has 4 rings (SSSR count). The average Bonchev–Trinajstić information content (AvgIpc) is 2.93. The number of para-hydroxylation sites is 1. The van der Waals surface area contributed by atoms with Crippen molar-refractivity contribution in [3.05, 3.63) is 108 Å². The van der Waals surface area contributed by atoms with Gasteiger partial charge in [-0.05, 0) is 42.0 Å². The first-order valence-electron chi connectivity index (χ1n) is 11.7. The van der Waals surface area contributed by atoms with E-state index in [1.807, 2.05) is 54.6 Å². The van der Waals surface area contributed by atoms with Crippen molar-refractivity contribution in [2.45, 2.75) is 37.6 Å². The molecule has 7 nitrogen and oxygen atoms in total. The molecular formula is C29H30O7. The molecule has 0 amide bonds. The van der Waals surface area contributed by atoms with Gasteiger partial charge in [-0.2, -0.15) is 0 Å². The van der Waals surface area contributed by atoms with Gasteiger partial charge in [0.05, 0.1) is 33.0 Å². The summed E-state index contributed by atoms with van der Waals surface area (Å²) in [4.78, 5) is 12.7. The maximum absolute atomic E-state index is 12.7. The monoisotopic (exact) mass is 490 g/mol. The highest BCUT2D eigenvalue weighted by molar-refractivity contribution is 5.89. The second-order valence-electron chi connectivity index (χ2n) is 8.32. The topological polar surface area (TPSA) is 83.5 Å². The van der Waals surface area contributed by atoms with Gasteiger partial charge in [-0.3, -0.25) is 0 Å². The van der Waals surface area contributed by atoms with E-state index >= 15 is 0 Å². The van der Waals surface area contributed by atoms with E-state index in [1.54, 1.807) is 50.6 Å². The molecule has 1 aliphatic rings. The number of esters is 1. The highest BCUT2D eigenvalue weighted by atomic mass is 16.6. The number of carbonyl (C=O) groups is 1. The van der Waals surface area contributed by atoms with Gasteiger partial charge in [0.15, 0.2) is 0 Å². The molecule has 0 saturated heterocycles. The molecule has 0 unspecified atom stereocenters. The van der Waals surface area contributed by atoms with Crippen LogP contribution in [0.2, 0.25) is 0 Å². The lowest BCUT2D eigenvalue weighted by atomic mass is 9.95. The van der Waals surface area contributed by atoms with E-state index in [2.05, 4.69) is 0 Å². The van der Waals surface area contributed by atoms with Crippen molar-refractivity contribution < 1.29 is 33.6 Å². The average molecular weight is 491 g/mol. The number of benzene rings is 3. The van der Waals surface area contributed by atoms with E-state index in [-0.39, 0.29) is 13.2 Å². The number of ether oxygens (including phenoxy) is 5. The van der Waals surface area contributed by atoms with Crippen molar-refractivity contribution in [3.63, 3.8) is 0 Å². The second-order valence-corrected chi connectivity index (χ2v) is 8.32. The van der Waals surface area contributed by atoms with Crippen molar-refractivity contribution in [1.82, 2.24) is 0 Å². The van der Waals surface area contributed by atoms with Gasteiger partial charge in [0.25, 0.3) is 0 Å². The fraction of sp³-hybridized carbons (Fsp3) is 0.276. The molecule has 0 saturated carbocycles. The third kappa shape index (κ3) is 6.31. The van der Waals surface area contributed by atoms with Crippen LogP contribution in [0.1, 0.15) is 21.5 Å². The van der Waals surface area contributed by atoms with Gasteiger partial charge >= 0.3 is 5.97 Å². The highest BCUT2D eigenvalue weighted by Gasteiger charge is 2.39. The molecular weight excluding hydrogens is 460 g/mol. The van der Waals surface area contributed by atoms with Gasteiger partial charge in [0.2, 0.25) is 0 Å². The molecule has 188 valence electrons. The zero-order valence-electron chi connectivity index (χ0n) is 20.3. The smallest absolute Gasteiger partial charge is 0.338 e. The molecule has 0 aromatic heterocycles. The summed E-state index contributed by atoms with van der Waals surface area (Å²) in [5.74, 6) is 0.941. The van der Waals surface area contributed by atoms with E-state index in [4.69, 9.17) is 23.7 Å². The number of rotatable bonds is 10. The van der Waals surface area contributed by atoms with Crippen LogP contribution in [0.15, 0.2) is 91.0 Å². The molecule has 4 atom stereocenters. The predicted molar refractivity (Wildman–Crippen MR) is 134 cm³/mol. The number of aliphatic hydroxyl groups is 1. The zero-order chi connectivity index (χ0) is 25.3. The Kier molecular flexibility index (Phi) is 8.73. The summed E-state index contributed by atoms with van der Waals surface area (Å²) in [6.45, 7) is 0.438. The number of hydrogen-bond donors (Lipinski definition) is 1. The van der Waals surface area contributed by atoms with Crippen LogP contribution in [0.25, 0.3) is 0 Å². The molecule has 1 N–H and O–H groups in total. The Balaban J connectivity index is 1.49. The predicted octanol–water partition coefficient (Wildman–Crippen LogP) is 4.33. The third-order valence-electron chi connectivity index (χ3n) is 5.97. The molecule has 7 heteroatoms. The molecule has 0 radical (unpaired) electrons. The minimum atomic E-state index is -1.07. The van der Waals surface area contributed by atoms with E-state index in [0.717, 1.165) is 16.9 Å². The van der Waals surface area contributed by atoms with Gasteiger partial charge < -0.3 is 28.8 Å². The van der Waals surface area contributed by atoms with Gasteiger partial charge in [-0.15, -0.1) is 0 Å². The SMILES string of the molecule is COc1ccc(CO[C@H]2[C@H](O)[C@@H](OCc3ccccc3OC)C=C[C@@H]2OC(=O)c2ccccc2)cc1. The Labute approximate surface area is 210 Å². The van der Waals surface area contributed by atoms with Crippen molar-refractivity contribution in [1.29, 1.82) is 0 Å². The van der Waals surface area contributed by atoms with Crippen LogP contribution in [0, 0.1) is 0 Å². The highest BCUT2D eigenvalue weighted by Crippen LogP contribution is 2.26. The number of hydrogen-bond acceptors (Lipinski definition) is 7. The molecule has 0 heterocycles. The molecule has 0 fully saturated rings. The van der Waals surface area contributed by atoms with Crippen molar-refractivity contribution in [2.24, 2.45) is 0 Å². The van der Waals surface area contributed by atoms with Gasteiger partial charge in [-0.25, -0.2) is 4.79 Å². The third-order valence-corrected chi connectivity index (χ3v) is 5.97. The minimum Gasteiger partial charge on any atom is -0.497 e. The van der Waals surface area contributed by atoms with Crippen molar-refractivity contribution in [3.8, 4) is 11.5 Å². The lowest BCUT2D eigenvalue weighted by Gasteiger charge is -2.36. The number of carbonyl (C=O) groups excluding carboxylic acids is 1. The molecule has 36 heavy (non-hydrogen) atoms. The van der Waals surface area contributed by atoms with Crippen LogP contribution in [0.5, 0.6) is 11.5 Å². The second kappa shape index (κ2) is 12.4. The molecule has 0 spiro atoms. The van der Waals surface area contributed by atoms with Gasteiger partial charge in [0.1, 0.15) is 35.9 Å². The first-order valence-corrected chi connectivity index (χ1v) is 11.7. The summed E-state index contributed by atoms with van der Waals surface area (Å²) < 4.78 is 28.4. The van der Waals surface area contributed by atoms with Crippen LogP contribution >= 0.6 is 0 Å². The van der Waals surface area contributed by atoms with E-state index in [0.29, 0.717) is 11.3 Å². The first-order chi connectivity index (χ1) is 17.6. The standard InChI is InChI=1S/C29H30O7/c1-32-23-14-12-20(13-15-23)18-35-28-26(36-29(31)21-8-4-3-5-9-21)17-16-25(27(28)30)34-19-22-10-6-7-11-24(22)33-2/h3-17,25-28,30H,18-19H2,1-2H3/t25-,26-,27+,28+/m0/s1. The summed E-state index contributed by atoms with van der Waals surface area (Å²) in [7, 11) is 3.20. The fourth-order valence-corrected chi connectivity index (χ4v) is 3.97. The summed E-state index contributed by atoms with van der Waals surface area (Å²) in [6, 6.07) is 23.7. The Morgan fingerprint density at radius 1 is 0.778 bits per heavy atom. The number of methoxy groups -OCH3 is 2. The summed E-state index contributed by atoms with van der Waals surface area (Å²) in [6.07, 6.45) is 0.0403. The molecule has 0 bridgehead atoms. The maximum atomic E-state index is 12.7. The van der Waals surface area contributed by atoms with Gasteiger partial charge in [-0.1, -0.05) is 54.6 Å². The van der Waals surface area contributed by atoms with E-state index in [9.17, 15) is 9.90 Å². The van der Waals surface area contributed by atoms with Crippen LogP contribution < -0.4 is 9.47 Å². The van der Waals surface area contributed by atoms with Crippen LogP contribution in [-0.2, 0) is 27.4 Å². The fourth-order valence-electron chi connectivity index (χ4n) is 3.97. The Morgan fingerprint density at radius 2 is 1.47 bits per heavy atom. The van der Waals surface area contributed by atoms with E-state index < -0.39 is 30.4 Å². The van der Waals surface area contributed by atoms with Crippen LogP contribution in [-0.4, -0.2) is 49.7 Å². The van der Waals surface area contributed by atoms with Crippen LogP contribution in [0.4, 0.5) is 0 Å². The molecule has 0 aliphatic heterocycles. The Bertz CT molecular complexity index is 1140. The molecule has 3 aromatic carbocycles. The van der Waals surface area contributed by atoms with Crippen molar-refractivity contribution in [2.75, 3.05) is 14.2 Å². The maximum Gasteiger partial charge on any atom is 0.338 e. The van der Waals surface area contributed by atoms with E-state index in [1.165, 1.54) is 0 Å². The molecule has 1 aliphatic carbocycles. The molecule has 3 aromatic rings. The first kappa shape index (κ1) is 25.4. The quantitative estimate of drug-likeness (QED) is 0.335. The summed E-state index contributed by atoms with van der Waals surface area (Å²) in [5, 5.41) is 11.2. The minimum absolute atomic E-state index is 0.207. The zero-order valence-corrected chi connectivity index (χ0v) is 20.3. The van der Waals surface area contributed by atoms with Crippen molar-refractivity contribution >= 4 is 5.97 Å². The number of aliphatic hydroxyl groups excluding tert-OH is 1. The lowest BCUT2D eigenvalue weighted by Crippen LogP contribution is -2.50. The lowest BCUT2D eigenvalue weighted by molar-refractivity contribution is -0.143. The van der Waals surface area contributed by atoms with Gasteiger partial charge in [0, 0.05) is 5.56 Å². The normalized spacial score (nSPS) is 21.1. The Hall–Kier alpha value is -3.65. The Morgan fingerprint density at radius 3 is 2.19 bits per heavy atom. The summed E-state index contributed by atoms with van der Waals surface area (Å²) >= 11 is 0. The largest absolute Gasteiger partial charge is 0.497 e. The summed E-state index contributed by atoms with van der Waals surface area (Å²) in [5.41, 5.74) is 2.16. The van der Waals surface area contributed by atoms with Crippen LogP contribution in [0.3, 0.4) is 0 Å².